The Kier molecular flexibility index (Phi) is 3.58. The van der Waals surface area contributed by atoms with E-state index in [0.29, 0.717) is 11.6 Å². The molecule has 5 nitrogen and oxygen atoms in total. The van der Waals surface area contributed by atoms with Gasteiger partial charge in [-0.25, -0.2) is 4.98 Å². The average molecular weight is 236 g/mol. The second kappa shape index (κ2) is 5.14. The molecule has 2 rings (SSSR count). The molecule has 5 heteroatoms. The van der Waals surface area contributed by atoms with Crippen LogP contribution in [0.25, 0.3) is 0 Å². The van der Waals surface area contributed by atoms with Crippen LogP contribution in [0.5, 0.6) is 5.75 Å². The number of amides is 1. The smallest absolute Gasteiger partial charge is 0.254 e. The molecule has 92 valence electrons. The summed E-state index contributed by atoms with van der Waals surface area (Å²) in [4.78, 5) is 15.9. The van der Waals surface area contributed by atoms with E-state index in [1.165, 1.54) is 0 Å². The van der Waals surface area contributed by atoms with Gasteiger partial charge in [0.1, 0.15) is 17.7 Å². The first-order chi connectivity index (χ1) is 8.19. The van der Waals surface area contributed by atoms with E-state index in [4.69, 9.17) is 9.47 Å². The minimum atomic E-state index is -0.363. The Labute approximate surface area is 100 Å². The topological polar surface area (TPSA) is 60.5 Å². The van der Waals surface area contributed by atoms with Gasteiger partial charge >= 0.3 is 0 Å². The number of rotatable bonds is 3. The molecule has 1 N–H and O–H groups in total. The van der Waals surface area contributed by atoms with Crippen LogP contribution in [0.2, 0.25) is 0 Å². The fourth-order valence-corrected chi connectivity index (χ4v) is 1.81. The molecule has 0 saturated carbocycles. The first-order valence-corrected chi connectivity index (χ1v) is 5.65. The highest BCUT2D eigenvalue weighted by molar-refractivity contribution is 5.93. The van der Waals surface area contributed by atoms with E-state index in [2.05, 4.69) is 10.3 Å². The Bertz CT molecular complexity index is 408. The number of carbonyl (C=O) groups excluding carboxylic acids is 1. The van der Waals surface area contributed by atoms with Gasteiger partial charge in [0.2, 0.25) is 0 Å². The van der Waals surface area contributed by atoms with Crippen LogP contribution in [-0.2, 0) is 9.53 Å². The number of pyridine rings is 1. The first kappa shape index (κ1) is 11.9. The second-order valence-corrected chi connectivity index (χ2v) is 4.08. The number of nitrogens with one attached hydrogen (secondary N) is 1. The fraction of sp³-hybridized carbons (Fsp3) is 0.500. The van der Waals surface area contributed by atoms with Crippen molar-refractivity contribution in [1.29, 1.82) is 0 Å². The zero-order valence-corrected chi connectivity index (χ0v) is 9.97. The van der Waals surface area contributed by atoms with Crippen molar-refractivity contribution in [2.75, 3.05) is 12.4 Å². The minimum absolute atomic E-state index is 0.143. The SMILES string of the molecule is COc1ccnc(NC(=O)[C@@H]2CC[C@@H](C)O2)c1. The Hall–Kier alpha value is -1.62. The lowest BCUT2D eigenvalue weighted by Crippen LogP contribution is -2.28. The third kappa shape index (κ3) is 2.94. The third-order valence-corrected chi connectivity index (χ3v) is 2.74. The molecule has 0 unspecified atom stereocenters. The summed E-state index contributed by atoms with van der Waals surface area (Å²) in [5, 5.41) is 2.72. The van der Waals surface area contributed by atoms with Crippen LogP contribution in [0, 0.1) is 0 Å². The maximum atomic E-state index is 11.8. The lowest BCUT2D eigenvalue weighted by atomic mass is 10.2. The van der Waals surface area contributed by atoms with Gasteiger partial charge in [-0.15, -0.1) is 0 Å². The average Bonchev–Trinajstić information content (AvgIpc) is 2.76. The molecule has 2 heterocycles. The normalized spacial score (nSPS) is 23.4. The maximum Gasteiger partial charge on any atom is 0.254 e. The van der Waals surface area contributed by atoms with Crippen molar-refractivity contribution in [3.63, 3.8) is 0 Å². The Morgan fingerprint density at radius 2 is 2.41 bits per heavy atom. The predicted octanol–water partition coefficient (Wildman–Crippen LogP) is 1.60. The summed E-state index contributed by atoms with van der Waals surface area (Å²) in [6.07, 6.45) is 3.06. The number of nitrogens with zero attached hydrogens (tertiary/aromatic N) is 1. The summed E-state index contributed by atoms with van der Waals surface area (Å²) in [6.45, 7) is 1.97. The monoisotopic (exact) mass is 236 g/mol. The highest BCUT2D eigenvalue weighted by Crippen LogP contribution is 2.21. The molecule has 1 aromatic heterocycles. The summed E-state index contributed by atoms with van der Waals surface area (Å²) in [7, 11) is 1.57. The number of ether oxygens (including phenoxy) is 2. The van der Waals surface area contributed by atoms with Crippen molar-refractivity contribution in [1.82, 2.24) is 4.98 Å². The third-order valence-electron chi connectivity index (χ3n) is 2.74. The highest BCUT2D eigenvalue weighted by Gasteiger charge is 2.28. The van der Waals surface area contributed by atoms with Crippen molar-refractivity contribution < 1.29 is 14.3 Å². The van der Waals surface area contributed by atoms with Crippen LogP contribution in [0.4, 0.5) is 5.82 Å². The molecule has 0 aromatic carbocycles. The largest absolute Gasteiger partial charge is 0.497 e. The lowest BCUT2D eigenvalue weighted by Gasteiger charge is -2.11. The molecule has 0 spiro atoms. The summed E-state index contributed by atoms with van der Waals surface area (Å²) >= 11 is 0. The molecule has 1 saturated heterocycles. The molecule has 17 heavy (non-hydrogen) atoms. The van der Waals surface area contributed by atoms with Crippen molar-refractivity contribution in [3.8, 4) is 5.75 Å². The van der Waals surface area contributed by atoms with Crippen LogP contribution in [0.15, 0.2) is 18.3 Å². The number of hydrogen-bond acceptors (Lipinski definition) is 4. The summed E-state index contributed by atoms with van der Waals surface area (Å²) in [6, 6.07) is 3.40. The summed E-state index contributed by atoms with van der Waals surface area (Å²) in [5.41, 5.74) is 0. The number of methoxy groups -OCH3 is 1. The van der Waals surface area contributed by atoms with E-state index in [9.17, 15) is 4.79 Å². The second-order valence-electron chi connectivity index (χ2n) is 4.08. The number of aromatic nitrogens is 1. The van der Waals surface area contributed by atoms with E-state index in [0.717, 1.165) is 12.8 Å². The fourth-order valence-electron chi connectivity index (χ4n) is 1.81. The standard InChI is InChI=1S/C12H16N2O3/c1-8-3-4-10(17-8)12(15)14-11-7-9(16-2)5-6-13-11/h5-8,10H,3-4H2,1-2H3,(H,13,14,15)/t8-,10+/m1/s1. The molecule has 1 aromatic rings. The summed E-state index contributed by atoms with van der Waals surface area (Å²) < 4.78 is 10.5. The van der Waals surface area contributed by atoms with E-state index in [1.54, 1.807) is 25.4 Å². The Morgan fingerprint density at radius 3 is 3.06 bits per heavy atom. The molecule has 1 amide bonds. The molecule has 0 aliphatic carbocycles. The number of carbonyl (C=O) groups is 1. The zero-order valence-electron chi connectivity index (χ0n) is 9.97. The molecule has 1 aliphatic rings. The summed E-state index contributed by atoms with van der Waals surface area (Å²) in [5.74, 6) is 1.00. The van der Waals surface area contributed by atoms with Crippen molar-refractivity contribution in [2.45, 2.75) is 32.0 Å². The van der Waals surface area contributed by atoms with Crippen LogP contribution in [-0.4, -0.2) is 30.2 Å². The van der Waals surface area contributed by atoms with Gasteiger partial charge in [-0.1, -0.05) is 0 Å². The van der Waals surface area contributed by atoms with Gasteiger partial charge in [0.25, 0.3) is 5.91 Å². The predicted molar refractivity (Wildman–Crippen MR) is 63.0 cm³/mol. The van der Waals surface area contributed by atoms with Crippen LogP contribution in [0.3, 0.4) is 0 Å². The minimum Gasteiger partial charge on any atom is -0.497 e. The molecule has 1 fully saturated rings. The molecular formula is C12H16N2O3. The highest BCUT2D eigenvalue weighted by atomic mass is 16.5. The van der Waals surface area contributed by atoms with E-state index in [1.807, 2.05) is 6.92 Å². The number of hydrogen-bond donors (Lipinski definition) is 1. The number of anilines is 1. The van der Waals surface area contributed by atoms with E-state index in [-0.39, 0.29) is 18.1 Å². The van der Waals surface area contributed by atoms with Crippen molar-refractivity contribution >= 4 is 11.7 Å². The molecular weight excluding hydrogens is 220 g/mol. The van der Waals surface area contributed by atoms with Crippen molar-refractivity contribution in [2.24, 2.45) is 0 Å². The van der Waals surface area contributed by atoms with Crippen LogP contribution < -0.4 is 10.1 Å². The molecule has 2 atom stereocenters. The van der Waals surface area contributed by atoms with Crippen LogP contribution in [0.1, 0.15) is 19.8 Å². The van der Waals surface area contributed by atoms with Gasteiger partial charge < -0.3 is 14.8 Å². The van der Waals surface area contributed by atoms with E-state index < -0.39 is 0 Å². The van der Waals surface area contributed by atoms with Gasteiger partial charge in [0, 0.05) is 12.3 Å². The molecule has 0 radical (unpaired) electrons. The van der Waals surface area contributed by atoms with Gasteiger partial charge in [-0.2, -0.15) is 0 Å². The maximum absolute atomic E-state index is 11.8. The lowest BCUT2D eigenvalue weighted by molar-refractivity contribution is -0.126. The molecule has 1 aliphatic heterocycles. The van der Waals surface area contributed by atoms with Gasteiger partial charge in [-0.05, 0) is 25.8 Å². The zero-order chi connectivity index (χ0) is 12.3. The Morgan fingerprint density at radius 1 is 1.59 bits per heavy atom. The molecule has 0 bridgehead atoms. The van der Waals surface area contributed by atoms with Crippen molar-refractivity contribution in [3.05, 3.63) is 18.3 Å². The van der Waals surface area contributed by atoms with Gasteiger partial charge in [0.05, 0.1) is 13.2 Å². The van der Waals surface area contributed by atoms with Gasteiger partial charge in [0.15, 0.2) is 0 Å². The van der Waals surface area contributed by atoms with Crippen LogP contribution >= 0.6 is 0 Å². The quantitative estimate of drug-likeness (QED) is 0.865. The van der Waals surface area contributed by atoms with Gasteiger partial charge in [-0.3, -0.25) is 4.79 Å². The first-order valence-electron chi connectivity index (χ1n) is 5.65. The van der Waals surface area contributed by atoms with E-state index >= 15 is 0 Å². The Balaban J connectivity index is 1.98.